The van der Waals surface area contributed by atoms with Crippen LogP contribution in [0.2, 0.25) is 0 Å². The molecule has 0 amide bonds. The molecule has 0 atom stereocenters. The summed E-state index contributed by atoms with van der Waals surface area (Å²) in [5.74, 6) is -5.37. The minimum Gasteiger partial charge on any atom is -0.478 e. The fourth-order valence-electron chi connectivity index (χ4n) is 5.69. The summed E-state index contributed by atoms with van der Waals surface area (Å²) in [5.41, 5.74) is -4.78. The van der Waals surface area contributed by atoms with Gasteiger partial charge in [-0.15, -0.1) is 0 Å². The molecule has 0 radical (unpaired) electrons. The van der Waals surface area contributed by atoms with Crippen LogP contribution in [0, 0.1) is 11.7 Å². The normalized spacial score (nSPS) is 19.2. The van der Waals surface area contributed by atoms with Crippen LogP contribution in [0.1, 0.15) is 50.7 Å². The monoisotopic (exact) mass is 485 g/mol. The Morgan fingerprint density at radius 2 is 1.62 bits per heavy atom. The van der Waals surface area contributed by atoms with Crippen LogP contribution in [0.4, 0.5) is 17.6 Å². The van der Waals surface area contributed by atoms with E-state index in [-0.39, 0.29) is 24.5 Å². The smallest absolute Gasteiger partial charge is 0.419 e. The number of rotatable bonds is 7. The summed E-state index contributed by atoms with van der Waals surface area (Å²) in [6, 6.07) is 2.65. The Balaban J connectivity index is 2.51. The molecule has 186 valence electrons. The van der Waals surface area contributed by atoms with E-state index in [2.05, 4.69) is 0 Å². The van der Waals surface area contributed by atoms with Crippen LogP contribution >= 0.6 is 0 Å². The van der Waals surface area contributed by atoms with Crippen LogP contribution in [0.15, 0.2) is 40.7 Å². The molecule has 2 N–H and O–H groups in total. The zero-order chi connectivity index (χ0) is 25.4. The van der Waals surface area contributed by atoms with Gasteiger partial charge in [-0.2, -0.15) is 13.2 Å². The van der Waals surface area contributed by atoms with Gasteiger partial charge in [-0.05, 0) is 38.7 Å². The van der Waals surface area contributed by atoms with Crippen molar-refractivity contribution >= 4 is 11.9 Å². The second kappa shape index (κ2) is 9.40. The van der Waals surface area contributed by atoms with Crippen molar-refractivity contribution in [2.24, 2.45) is 5.92 Å². The average Bonchev–Trinajstić information content (AvgIpc) is 3.27. The van der Waals surface area contributed by atoms with Gasteiger partial charge in [0.25, 0.3) is 0 Å². The predicted octanol–water partition coefficient (Wildman–Crippen LogP) is 4.95. The van der Waals surface area contributed by atoms with Crippen molar-refractivity contribution in [3.63, 3.8) is 0 Å². The van der Waals surface area contributed by atoms with Crippen LogP contribution in [0.5, 0.6) is 0 Å². The molecule has 1 aromatic carbocycles. The van der Waals surface area contributed by atoms with Crippen molar-refractivity contribution in [2.75, 3.05) is 20.3 Å². The third kappa shape index (κ3) is 3.97. The van der Waals surface area contributed by atoms with E-state index in [0.29, 0.717) is 31.7 Å². The van der Waals surface area contributed by atoms with Crippen LogP contribution in [0.3, 0.4) is 0 Å². The number of methoxy groups -OCH3 is 1. The predicted molar refractivity (Wildman–Crippen MR) is 114 cm³/mol. The second-order valence-electron chi connectivity index (χ2n) is 8.63. The summed E-state index contributed by atoms with van der Waals surface area (Å²) in [6.07, 6.45) is -3.10. The van der Waals surface area contributed by atoms with Crippen molar-refractivity contribution in [3.8, 4) is 0 Å². The minimum atomic E-state index is -5.04. The molecule has 1 fully saturated rings. The number of carboxylic acid groups (broad SMARTS) is 2. The van der Waals surface area contributed by atoms with E-state index in [1.165, 1.54) is 25.9 Å². The lowest BCUT2D eigenvalue weighted by Crippen LogP contribution is -2.50. The molecule has 1 aliphatic heterocycles. The molecule has 10 heteroatoms. The van der Waals surface area contributed by atoms with Gasteiger partial charge in [-0.25, -0.2) is 14.0 Å². The highest BCUT2D eigenvalue weighted by Gasteiger charge is 2.58. The average molecular weight is 485 g/mol. The lowest BCUT2D eigenvalue weighted by molar-refractivity contribution is -0.140. The maximum atomic E-state index is 15.7. The van der Waals surface area contributed by atoms with E-state index in [9.17, 15) is 33.0 Å². The van der Waals surface area contributed by atoms with Gasteiger partial charge in [-0.1, -0.05) is 25.0 Å². The Kier molecular flexibility index (Phi) is 7.12. The van der Waals surface area contributed by atoms with Gasteiger partial charge in [0.1, 0.15) is 5.82 Å². The first-order valence-corrected chi connectivity index (χ1v) is 10.9. The summed E-state index contributed by atoms with van der Waals surface area (Å²) in [7, 11) is 1.43. The maximum Gasteiger partial charge on any atom is 0.419 e. The second-order valence-corrected chi connectivity index (χ2v) is 8.63. The largest absolute Gasteiger partial charge is 0.478 e. The number of benzene rings is 1. The first-order chi connectivity index (χ1) is 15.9. The van der Waals surface area contributed by atoms with Crippen LogP contribution < -0.4 is 0 Å². The summed E-state index contributed by atoms with van der Waals surface area (Å²) in [4.78, 5) is 26.9. The molecule has 1 aliphatic carbocycles. The summed E-state index contributed by atoms with van der Waals surface area (Å²) in [6.45, 7) is 3.20. The summed E-state index contributed by atoms with van der Waals surface area (Å²) >= 11 is 0. The number of carboxylic acids is 2. The van der Waals surface area contributed by atoms with Gasteiger partial charge in [0.15, 0.2) is 0 Å². The lowest BCUT2D eigenvalue weighted by atomic mass is 9.57. The fourth-order valence-corrected chi connectivity index (χ4v) is 5.69. The first kappa shape index (κ1) is 25.7. The number of allylic oxidation sites excluding steroid dienone is 2. The number of hydrogen-bond acceptors (Lipinski definition) is 4. The number of halogens is 4. The number of alkyl halides is 3. The third-order valence-corrected chi connectivity index (χ3v) is 6.97. The molecule has 3 rings (SSSR count). The number of carbonyl (C=O) groups is 2. The Morgan fingerprint density at radius 3 is 2.06 bits per heavy atom. The highest BCUT2D eigenvalue weighted by Crippen LogP contribution is 2.57. The van der Waals surface area contributed by atoms with Crippen LogP contribution in [-0.2, 0) is 25.9 Å². The molecular formula is C24H27F4NO5. The van der Waals surface area contributed by atoms with Gasteiger partial charge >= 0.3 is 18.1 Å². The third-order valence-electron chi connectivity index (χ3n) is 6.97. The molecule has 0 spiro atoms. The van der Waals surface area contributed by atoms with Crippen LogP contribution in [-0.4, -0.2) is 47.3 Å². The van der Waals surface area contributed by atoms with E-state index in [4.69, 9.17) is 4.74 Å². The highest BCUT2D eigenvalue weighted by atomic mass is 19.4. The van der Waals surface area contributed by atoms with Gasteiger partial charge in [0.2, 0.25) is 0 Å². The Morgan fingerprint density at radius 1 is 1.09 bits per heavy atom. The number of hydrogen-bond donors (Lipinski definition) is 2. The Hall–Kier alpha value is -2.88. The van der Waals surface area contributed by atoms with Crippen molar-refractivity contribution in [2.45, 2.75) is 51.1 Å². The molecule has 0 unspecified atom stereocenters. The molecule has 0 saturated heterocycles. The number of nitrogens with zero attached hydrogens (tertiary/aromatic N) is 1. The topological polar surface area (TPSA) is 87.1 Å². The number of ether oxygens (including phenoxy) is 1. The Labute approximate surface area is 194 Å². The van der Waals surface area contributed by atoms with Crippen molar-refractivity contribution in [3.05, 3.63) is 57.7 Å². The zero-order valence-electron chi connectivity index (χ0n) is 19.1. The van der Waals surface area contributed by atoms with E-state index >= 15 is 4.39 Å². The molecule has 0 bridgehead atoms. The molecule has 6 nitrogen and oxygen atoms in total. The van der Waals surface area contributed by atoms with Gasteiger partial charge in [0.05, 0.1) is 28.7 Å². The number of aliphatic carboxylic acids is 2. The first-order valence-electron chi connectivity index (χ1n) is 10.9. The minimum absolute atomic E-state index is 0.119. The van der Waals surface area contributed by atoms with Gasteiger partial charge < -0.3 is 19.8 Å². The van der Waals surface area contributed by atoms with Crippen molar-refractivity contribution in [1.29, 1.82) is 0 Å². The molecule has 0 aromatic heterocycles. The lowest BCUT2D eigenvalue weighted by Gasteiger charge is -2.48. The summed E-state index contributed by atoms with van der Waals surface area (Å²) in [5, 5.41) is 20.7. The van der Waals surface area contributed by atoms with Gasteiger partial charge in [0, 0.05) is 30.6 Å². The molecule has 1 aromatic rings. The van der Waals surface area contributed by atoms with Gasteiger partial charge in [-0.3, -0.25) is 0 Å². The highest BCUT2D eigenvalue weighted by molar-refractivity contribution is 6.01. The standard InChI is InChI=1S/C24H27F4NO5/c1-13-18(21(30)31)23(15-7-4-5-8-15,16-9-6-10-17(20(16)25)24(26,27)28)19(22(32)33)14(2)29(13)11-12-34-3/h6,9-10,15H,4-5,7-8,11-12H2,1-3H3,(H,30,31)(H,32,33). The SMILES string of the molecule is COCCN1C(C)=C(C(=O)O)C(c2cccc(C(F)(F)F)c2F)(C2CCCC2)C(C(=O)O)=C1C. The van der Waals surface area contributed by atoms with E-state index in [0.717, 1.165) is 12.1 Å². The van der Waals surface area contributed by atoms with E-state index in [1.54, 1.807) is 0 Å². The fraction of sp³-hybridized carbons (Fsp3) is 0.500. The van der Waals surface area contributed by atoms with Crippen molar-refractivity contribution in [1.82, 2.24) is 4.90 Å². The summed E-state index contributed by atoms with van der Waals surface area (Å²) < 4.78 is 61.7. The maximum absolute atomic E-state index is 15.7. The molecular weight excluding hydrogens is 458 g/mol. The zero-order valence-corrected chi connectivity index (χ0v) is 19.1. The molecule has 1 heterocycles. The van der Waals surface area contributed by atoms with Crippen molar-refractivity contribution < 1.29 is 42.1 Å². The van der Waals surface area contributed by atoms with E-state index in [1.807, 2.05) is 0 Å². The van der Waals surface area contributed by atoms with Crippen LogP contribution in [0.25, 0.3) is 0 Å². The molecule has 34 heavy (non-hydrogen) atoms. The molecule has 1 saturated carbocycles. The van der Waals surface area contributed by atoms with E-state index < -0.39 is 57.5 Å². The Bertz CT molecular complexity index is 1020. The molecule has 2 aliphatic rings. The quantitative estimate of drug-likeness (QED) is 0.532.